The van der Waals surface area contributed by atoms with Gasteiger partial charge < -0.3 is 14.3 Å². The van der Waals surface area contributed by atoms with E-state index in [4.69, 9.17) is 0 Å². The molecule has 3 nitrogen and oxygen atoms in total. The lowest BCUT2D eigenvalue weighted by atomic mass is 9.43. The summed E-state index contributed by atoms with van der Waals surface area (Å²) in [6.07, 6.45) is 0. The monoisotopic (exact) mass is 889 g/mol. The van der Waals surface area contributed by atoms with E-state index in [1.807, 2.05) is 11.3 Å². The Morgan fingerprint density at radius 3 is 1.88 bits per heavy atom. The number of hydrogen-bond acceptors (Lipinski definition) is 3. The maximum atomic E-state index is 2.78. The number of benzene rings is 9. The van der Waals surface area contributed by atoms with Gasteiger partial charge in [-0.1, -0.05) is 174 Å². The van der Waals surface area contributed by atoms with E-state index in [2.05, 4.69) is 249 Å². The topological polar surface area (TPSA) is 11.4 Å². The van der Waals surface area contributed by atoms with Gasteiger partial charge in [0.15, 0.2) is 0 Å². The lowest BCUT2D eigenvalue weighted by molar-refractivity contribution is 0.590. The molecule has 11 aromatic rings. The van der Waals surface area contributed by atoms with Gasteiger partial charge in [0.05, 0.1) is 15.9 Å². The van der Waals surface area contributed by atoms with Crippen molar-refractivity contribution >= 4 is 94.4 Å². The summed E-state index contributed by atoms with van der Waals surface area (Å²) in [4.78, 5) is 5.10. The first-order valence-corrected chi connectivity index (χ1v) is 24.8. The summed E-state index contributed by atoms with van der Waals surface area (Å²) in [6, 6.07) is 75.4. The third-order valence-corrected chi connectivity index (χ3v) is 16.5. The van der Waals surface area contributed by atoms with Gasteiger partial charge >= 0.3 is 6.85 Å². The van der Waals surface area contributed by atoms with Crippen LogP contribution in [0.2, 0.25) is 0 Å². The quantitative estimate of drug-likeness (QED) is 0.160. The van der Waals surface area contributed by atoms with E-state index in [1.165, 1.54) is 109 Å². The van der Waals surface area contributed by atoms with Crippen molar-refractivity contribution in [1.82, 2.24) is 4.48 Å². The van der Waals surface area contributed by atoms with E-state index in [0.29, 0.717) is 0 Å². The van der Waals surface area contributed by atoms with E-state index in [9.17, 15) is 0 Å². The van der Waals surface area contributed by atoms with E-state index in [1.54, 1.807) is 0 Å². The van der Waals surface area contributed by atoms with Gasteiger partial charge in [-0.2, -0.15) is 0 Å². The number of aromatic nitrogens is 1. The van der Waals surface area contributed by atoms with Gasteiger partial charge in [-0.15, -0.1) is 11.3 Å². The SMILES string of the molecule is CC(C)(C)c1ccc(N2c3cc(N(c4ccccc4)c4ccccc4)cc4c3B(c3c2ccc2c3-c3ccccc3C2(C)C)n2c3c-4cccc3c3sc4ccccc4c32)c(-c2ccccc2)c1. The van der Waals surface area contributed by atoms with Crippen molar-refractivity contribution in [1.29, 1.82) is 0 Å². The molecule has 0 fully saturated rings. The van der Waals surface area contributed by atoms with Gasteiger partial charge in [0, 0.05) is 66.0 Å². The fraction of sp³-hybridized carbons (Fsp3) is 0.111. The van der Waals surface area contributed by atoms with Gasteiger partial charge in [0.1, 0.15) is 0 Å². The molecule has 3 aliphatic rings. The second-order valence-electron chi connectivity index (χ2n) is 20.5. The summed E-state index contributed by atoms with van der Waals surface area (Å²) in [5, 5.41) is 2.64. The molecular formula is C63H48BN3S. The van der Waals surface area contributed by atoms with Crippen LogP contribution in [0.25, 0.3) is 64.6 Å². The zero-order valence-electron chi connectivity index (χ0n) is 38.9. The number of thiophene rings is 1. The first-order chi connectivity index (χ1) is 33.2. The lowest BCUT2D eigenvalue weighted by Crippen LogP contribution is -2.57. The molecule has 324 valence electrons. The van der Waals surface area contributed by atoms with Crippen LogP contribution in [0.1, 0.15) is 51.3 Å². The molecule has 0 saturated carbocycles. The molecule has 0 atom stereocenters. The molecule has 0 bridgehead atoms. The number of fused-ring (bicyclic) bond motifs is 13. The van der Waals surface area contributed by atoms with Crippen molar-refractivity contribution in [3.63, 3.8) is 0 Å². The van der Waals surface area contributed by atoms with Crippen LogP contribution in [-0.2, 0) is 10.8 Å². The Hall–Kier alpha value is -7.60. The zero-order chi connectivity index (χ0) is 45.6. The van der Waals surface area contributed by atoms with Crippen molar-refractivity contribution in [3.05, 3.63) is 217 Å². The molecule has 68 heavy (non-hydrogen) atoms. The molecule has 1 aliphatic carbocycles. The van der Waals surface area contributed by atoms with Crippen LogP contribution in [0.5, 0.6) is 0 Å². The molecule has 0 saturated heterocycles. The van der Waals surface area contributed by atoms with Gasteiger partial charge in [-0.05, 0) is 116 Å². The fourth-order valence-electron chi connectivity index (χ4n) is 12.2. The summed E-state index contributed by atoms with van der Waals surface area (Å²) in [5.41, 5.74) is 23.8. The Morgan fingerprint density at radius 1 is 0.485 bits per heavy atom. The van der Waals surface area contributed by atoms with Gasteiger partial charge in [0.2, 0.25) is 0 Å². The van der Waals surface area contributed by atoms with Gasteiger partial charge in [-0.3, -0.25) is 0 Å². The average Bonchev–Trinajstić information content (AvgIpc) is 3.98. The molecule has 2 aliphatic heterocycles. The summed E-state index contributed by atoms with van der Waals surface area (Å²) < 4.78 is 5.46. The molecule has 2 aromatic heterocycles. The van der Waals surface area contributed by atoms with E-state index < -0.39 is 0 Å². The minimum absolute atomic E-state index is 0.0494. The first-order valence-electron chi connectivity index (χ1n) is 24.0. The number of anilines is 6. The molecule has 0 radical (unpaired) electrons. The predicted molar refractivity (Wildman–Crippen MR) is 292 cm³/mol. The Kier molecular flexibility index (Phi) is 8.27. The van der Waals surface area contributed by atoms with Crippen molar-refractivity contribution in [2.24, 2.45) is 0 Å². The minimum atomic E-state index is -0.183. The maximum Gasteiger partial charge on any atom is 0.333 e. The van der Waals surface area contributed by atoms with Crippen molar-refractivity contribution in [2.75, 3.05) is 9.80 Å². The number of rotatable bonds is 5. The smallest absolute Gasteiger partial charge is 0.333 e. The van der Waals surface area contributed by atoms with Crippen LogP contribution in [0.3, 0.4) is 0 Å². The second kappa shape index (κ2) is 14.2. The average molecular weight is 890 g/mol. The van der Waals surface area contributed by atoms with E-state index in [0.717, 1.165) is 17.1 Å². The Balaban J connectivity index is 1.19. The van der Waals surface area contributed by atoms with Crippen LogP contribution in [0.15, 0.2) is 200 Å². The van der Waals surface area contributed by atoms with Crippen LogP contribution in [-0.4, -0.2) is 11.3 Å². The summed E-state index contributed by atoms with van der Waals surface area (Å²) in [6.45, 7) is 11.7. The van der Waals surface area contributed by atoms with Crippen LogP contribution >= 0.6 is 11.3 Å². The third kappa shape index (κ3) is 5.42. The normalized spacial score (nSPS) is 14.0. The Bertz CT molecular complexity index is 3840. The number of para-hydroxylation sites is 3. The molecule has 9 aromatic carbocycles. The Morgan fingerprint density at radius 2 is 1.13 bits per heavy atom. The third-order valence-electron chi connectivity index (χ3n) is 15.3. The highest BCUT2D eigenvalue weighted by Gasteiger charge is 2.48. The largest absolute Gasteiger partial charge is 0.374 e. The van der Waals surface area contributed by atoms with Crippen LogP contribution < -0.4 is 20.7 Å². The van der Waals surface area contributed by atoms with Gasteiger partial charge in [0.25, 0.3) is 0 Å². The molecule has 14 rings (SSSR count). The second-order valence-corrected chi connectivity index (χ2v) is 21.5. The minimum Gasteiger partial charge on any atom is -0.374 e. The zero-order valence-corrected chi connectivity index (χ0v) is 39.7. The maximum absolute atomic E-state index is 2.78. The standard InChI is InChI=1S/C63H48BN3S/c1-62(2,3)40-32-34-52(48(36-40)39-20-9-6-10-21-39)66-53-35-33-51-56(45-26-15-17-30-50(45)63(51,4)5)58(53)64-57-49(37-43(38-54(57)66)65(41-22-11-7-12-23-41)42-24-13-8-14-25-42)44-28-19-29-47-59(44)67(64)60-46-27-16-18-31-55(46)68-61(47)60/h6-38H,1-5H3. The molecule has 5 heteroatoms. The molecule has 0 spiro atoms. The van der Waals surface area contributed by atoms with Crippen molar-refractivity contribution < 1.29 is 0 Å². The van der Waals surface area contributed by atoms with Gasteiger partial charge in [-0.25, -0.2) is 0 Å². The molecule has 4 heterocycles. The number of hydrogen-bond donors (Lipinski definition) is 0. The Labute approximate surface area is 402 Å². The van der Waals surface area contributed by atoms with Crippen molar-refractivity contribution in [2.45, 2.75) is 45.4 Å². The van der Waals surface area contributed by atoms with Crippen LogP contribution in [0, 0.1) is 0 Å². The summed E-state index contributed by atoms with van der Waals surface area (Å²) in [7, 11) is 0. The van der Waals surface area contributed by atoms with E-state index in [-0.39, 0.29) is 17.7 Å². The summed E-state index contributed by atoms with van der Waals surface area (Å²) in [5.74, 6) is 0. The molecule has 0 N–H and O–H groups in total. The summed E-state index contributed by atoms with van der Waals surface area (Å²) >= 11 is 1.94. The first kappa shape index (κ1) is 39.6. The highest BCUT2D eigenvalue weighted by molar-refractivity contribution is 7.27. The molecule has 0 amide bonds. The van der Waals surface area contributed by atoms with Crippen molar-refractivity contribution in [3.8, 4) is 33.4 Å². The molecule has 0 unspecified atom stereocenters. The predicted octanol–water partition coefficient (Wildman–Crippen LogP) is 16.2. The highest BCUT2D eigenvalue weighted by Crippen LogP contribution is 2.55. The highest BCUT2D eigenvalue weighted by atomic mass is 32.1. The molecular weight excluding hydrogens is 842 g/mol. The van der Waals surface area contributed by atoms with E-state index >= 15 is 0 Å². The number of nitrogens with zero attached hydrogens (tertiary/aromatic N) is 3. The van der Waals surface area contributed by atoms with Crippen LogP contribution in [0.4, 0.5) is 34.1 Å². The fourth-order valence-corrected chi connectivity index (χ4v) is 13.4. The lowest BCUT2D eigenvalue weighted by Gasteiger charge is -2.43.